The molecule has 1 N–H and O–H groups in total. The molecule has 0 fully saturated rings. The van der Waals surface area contributed by atoms with Crippen molar-refractivity contribution in [1.29, 1.82) is 0 Å². The van der Waals surface area contributed by atoms with Crippen molar-refractivity contribution in [3.8, 4) is 5.75 Å². The van der Waals surface area contributed by atoms with Gasteiger partial charge in [-0.15, -0.1) is 0 Å². The maximum Gasteiger partial charge on any atom is 0.243 e. The lowest BCUT2D eigenvalue weighted by Gasteiger charge is -2.32. The van der Waals surface area contributed by atoms with Crippen LogP contribution < -0.4 is 14.4 Å². The van der Waals surface area contributed by atoms with Crippen molar-refractivity contribution in [2.75, 3.05) is 30.8 Å². The van der Waals surface area contributed by atoms with Crippen LogP contribution >= 0.6 is 0 Å². The Morgan fingerprint density at radius 2 is 1.63 bits per heavy atom. The minimum atomic E-state index is -3.59. The number of amides is 2. The minimum Gasteiger partial charge on any atom is -0.497 e. The van der Waals surface area contributed by atoms with Gasteiger partial charge in [0.05, 0.1) is 19.1 Å². The number of benzene rings is 3. The predicted molar refractivity (Wildman–Crippen MR) is 163 cm³/mol. The zero-order chi connectivity index (χ0) is 29.8. The van der Waals surface area contributed by atoms with E-state index >= 15 is 0 Å². The molecule has 3 rings (SSSR count). The van der Waals surface area contributed by atoms with Gasteiger partial charge >= 0.3 is 0 Å². The summed E-state index contributed by atoms with van der Waals surface area (Å²) in [5.41, 5.74) is 3.44. The van der Waals surface area contributed by atoms with Crippen molar-refractivity contribution in [2.45, 2.75) is 52.1 Å². The summed E-state index contributed by atoms with van der Waals surface area (Å²) < 4.78 is 31.7. The number of carbonyl (C=O) groups is 2. The van der Waals surface area contributed by atoms with E-state index in [4.69, 9.17) is 4.74 Å². The SMILES string of the molecule is CCCNC(=O)[C@@H](Cc1ccccc1)N(Cc1cccc(C)c1)C(=O)CCCN(c1ccc(OC)cc1)S(C)(=O)=O. The standard InChI is InChI=1S/C32H41N3O5S/c1-5-20-33-32(37)30(23-26-12-7-6-8-13-26)34(24-27-14-9-11-25(2)22-27)31(36)15-10-21-35(41(4,38)39)28-16-18-29(40-3)19-17-28/h6-9,11-14,16-19,22,30H,5,10,15,20-21,23-24H2,1-4H3,(H,33,37)/t30-/m1/s1. The first-order valence-electron chi connectivity index (χ1n) is 13.9. The van der Waals surface area contributed by atoms with E-state index in [1.54, 1.807) is 36.3 Å². The van der Waals surface area contributed by atoms with E-state index in [1.807, 2.05) is 68.4 Å². The van der Waals surface area contributed by atoms with Gasteiger partial charge in [0.15, 0.2) is 0 Å². The minimum absolute atomic E-state index is 0.0837. The first kappa shape index (κ1) is 31.7. The number of nitrogens with one attached hydrogen (secondary N) is 1. The molecule has 0 spiro atoms. The molecule has 1 atom stereocenters. The van der Waals surface area contributed by atoms with Crippen LogP contribution in [0.5, 0.6) is 5.75 Å². The number of nitrogens with zero attached hydrogens (tertiary/aromatic N) is 2. The second kappa shape index (κ2) is 15.2. The number of aryl methyl sites for hydroxylation is 1. The van der Waals surface area contributed by atoms with E-state index in [0.717, 1.165) is 29.4 Å². The molecule has 0 aliphatic heterocycles. The maximum absolute atomic E-state index is 13.9. The number of hydrogen-bond acceptors (Lipinski definition) is 5. The van der Waals surface area contributed by atoms with Gasteiger partial charge in [-0.05, 0) is 55.2 Å². The number of methoxy groups -OCH3 is 1. The molecule has 0 aromatic heterocycles. The molecular formula is C32H41N3O5S. The Morgan fingerprint density at radius 1 is 0.951 bits per heavy atom. The summed E-state index contributed by atoms with van der Waals surface area (Å²) in [5, 5.41) is 2.98. The molecule has 9 heteroatoms. The van der Waals surface area contributed by atoms with Crippen molar-refractivity contribution < 1.29 is 22.7 Å². The largest absolute Gasteiger partial charge is 0.497 e. The van der Waals surface area contributed by atoms with Crippen LogP contribution in [0.25, 0.3) is 0 Å². The van der Waals surface area contributed by atoms with E-state index in [9.17, 15) is 18.0 Å². The number of ether oxygens (including phenoxy) is 1. The Kier molecular flexibility index (Phi) is 11.8. The number of anilines is 1. The molecule has 3 aromatic carbocycles. The van der Waals surface area contributed by atoms with Crippen molar-refractivity contribution in [1.82, 2.24) is 10.2 Å². The molecule has 0 bridgehead atoms. The molecule has 41 heavy (non-hydrogen) atoms. The lowest BCUT2D eigenvalue weighted by atomic mass is 10.0. The third-order valence-electron chi connectivity index (χ3n) is 6.77. The van der Waals surface area contributed by atoms with Gasteiger partial charge in [-0.3, -0.25) is 13.9 Å². The van der Waals surface area contributed by atoms with Crippen LogP contribution in [0.15, 0.2) is 78.9 Å². The molecule has 220 valence electrons. The van der Waals surface area contributed by atoms with Crippen LogP contribution in [0, 0.1) is 6.92 Å². The molecule has 0 saturated carbocycles. The van der Waals surface area contributed by atoms with Gasteiger partial charge in [-0.2, -0.15) is 0 Å². The second-order valence-electron chi connectivity index (χ2n) is 10.1. The van der Waals surface area contributed by atoms with Gasteiger partial charge in [0.1, 0.15) is 11.8 Å². The average molecular weight is 580 g/mol. The van der Waals surface area contributed by atoms with Crippen molar-refractivity contribution in [3.05, 3.63) is 95.6 Å². The van der Waals surface area contributed by atoms with E-state index in [2.05, 4.69) is 5.32 Å². The Morgan fingerprint density at radius 3 is 2.24 bits per heavy atom. The van der Waals surface area contributed by atoms with Crippen molar-refractivity contribution >= 4 is 27.5 Å². The first-order chi connectivity index (χ1) is 19.6. The highest BCUT2D eigenvalue weighted by Gasteiger charge is 2.30. The van der Waals surface area contributed by atoms with Gasteiger partial charge < -0.3 is 15.0 Å². The quantitative estimate of drug-likeness (QED) is 0.281. The summed E-state index contributed by atoms with van der Waals surface area (Å²) in [6.07, 6.45) is 2.67. The summed E-state index contributed by atoms with van der Waals surface area (Å²) in [7, 11) is -2.04. The zero-order valence-corrected chi connectivity index (χ0v) is 25.2. The maximum atomic E-state index is 13.9. The lowest BCUT2D eigenvalue weighted by Crippen LogP contribution is -2.50. The van der Waals surface area contributed by atoms with E-state index in [1.165, 1.54) is 4.31 Å². The fourth-order valence-corrected chi connectivity index (χ4v) is 5.64. The fourth-order valence-electron chi connectivity index (χ4n) is 4.68. The zero-order valence-electron chi connectivity index (χ0n) is 24.4. The van der Waals surface area contributed by atoms with Gasteiger partial charge in [0.25, 0.3) is 0 Å². The number of hydrogen-bond donors (Lipinski definition) is 1. The molecule has 0 aliphatic carbocycles. The smallest absolute Gasteiger partial charge is 0.243 e. The van der Waals surface area contributed by atoms with Crippen LogP contribution in [-0.2, 0) is 32.6 Å². The van der Waals surface area contributed by atoms with Crippen LogP contribution in [0.3, 0.4) is 0 Å². The summed E-state index contributed by atoms with van der Waals surface area (Å²) in [4.78, 5) is 29.0. The monoisotopic (exact) mass is 579 g/mol. The van der Waals surface area contributed by atoms with Gasteiger partial charge in [-0.1, -0.05) is 67.1 Å². The van der Waals surface area contributed by atoms with Crippen molar-refractivity contribution in [2.24, 2.45) is 0 Å². The summed E-state index contributed by atoms with van der Waals surface area (Å²) in [6, 6.07) is 23.6. The molecule has 0 unspecified atom stereocenters. The Labute approximate surface area is 244 Å². The average Bonchev–Trinajstić information content (AvgIpc) is 2.95. The molecule has 0 aliphatic rings. The molecular weight excluding hydrogens is 538 g/mol. The lowest BCUT2D eigenvalue weighted by molar-refractivity contribution is -0.141. The Hall–Kier alpha value is -3.85. The number of sulfonamides is 1. The molecule has 8 nitrogen and oxygen atoms in total. The normalized spacial score (nSPS) is 11.9. The highest BCUT2D eigenvalue weighted by molar-refractivity contribution is 7.92. The second-order valence-corrected chi connectivity index (χ2v) is 12.1. The number of carbonyl (C=O) groups excluding carboxylic acids is 2. The molecule has 2 amide bonds. The highest BCUT2D eigenvalue weighted by Crippen LogP contribution is 2.23. The topological polar surface area (TPSA) is 96.0 Å². The van der Waals surface area contributed by atoms with E-state index in [0.29, 0.717) is 24.4 Å². The van der Waals surface area contributed by atoms with Gasteiger partial charge in [0.2, 0.25) is 21.8 Å². The highest BCUT2D eigenvalue weighted by atomic mass is 32.2. The third kappa shape index (κ3) is 9.63. The van der Waals surface area contributed by atoms with Crippen LogP contribution in [0.2, 0.25) is 0 Å². The summed E-state index contributed by atoms with van der Waals surface area (Å²) >= 11 is 0. The summed E-state index contributed by atoms with van der Waals surface area (Å²) in [6.45, 7) is 4.89. The molecule has 0 radical (unpaired) electrons. The van der Waals surface area contributed by atoms with Crippen LogP contribution in [0.4, 0.5) is 5.69 Å². The Balaban J connectivity index is 1.86. The van der Waals surface area contributed by atoms with Gasteiger partial charge in [0, 0.05) is 32.5 Å². The summed E-state index contributed by atoms with van der Waals surface area (Å²) in [5.74, 6) is 0.213. The number of rotatable bonds is 15. The first-order valence-corrected chi connectivity index (χ1v) is 15.8. The van der Waals surface area contributed by atoms with Gasteiger partial charge in [-0.25, -0.2) is 8.42 Å². The predicted octanol–water partition coefficient (Wildman–Crippen LogP) is 4.72. The molecule has 3 aromatic rings. The van der Waals surface area contributed by atoms with Crippen LogP contribution in [-0.4, -0.2) is 57.6 Å². The van der Waals surface area contributed by atoms with E-state index in [-0.39, 0.29) is 37.7 Å². The van der Waals surface area contributed by atoms with Crippen molar-refractivity contribution in [3.63, 3.8) is 0 Å². The molecule has 0 heterocycles. The Bertz CT molecular complexity index is 1380. The third-order valence-corrected chi connectivity index (χ3v) is 7.96. The fraction of sp³-hybridized carbons (Fsp3) is 0.375. The molecule has 0 saturated heterocycles. The van der Waals surface area contributed by atoms with Crippen LogP contribution in [0.1, 0.15) is 42.9 Å². The van der Waals surface area contributed by atoms with E-state index < -0.39 is 16.1 Å².